The number of benzene rings is 1. The summed E-state index contributed by atoms with van der Waals surface area (Å²) in [5, 5.41) is 6.11. The van der Waals surface area contributed by atoms with Gasteiger partial charge in [-0.25, -0.2) is 0 Å². The number of hydrogen-bond donors (Lipinski definition) is 1. The molecule has 0 aliphatic carbocycles. The first-order chi connectivity index (χ1) is 8.72. The molecule has 0 aliphatic rings. The highest BCUT2D eigenvalue weighted by Crippen LogP contribution is 2.39. The van der Waals surface area contributed by atoms with Gasteiger partial charge in [-0.05, 0) is 12.1 Å². The van der Waals surface area contributed by atoms with Crippen molar-refractivity contribution in [3.63, 3.8) is 0 Å². The van der Waals surface area contributed by atoms with Crippen LogP contribution in [0.3, 0.4) is 0 Å². The summed E-state index contributed by atoms with van der Waals surface area (Å²) in [5.41, 5.74) is 6.08. The van der Waals surface area contributed by atoms with Gasteiger partial charge in [0.1, 0.15) is 5.69 Å². The van der Waals surface area contributed by atoms with Crippen molar-refractivity contribution >= 4 is 5.69 Å². The Balaban J connectivity index is 2.37. The summed E-state index contributed by atoms with van der Waals surface area (Å²) in [5.74, 6) is 0. The second-order valence-electron chi connectivity index (χ2n) is 3.71. The van der Waals surface area contributed by atoms with Gasteiger partial charge in [0, 0.05) is 11.3 Å². The molecule has 0 aliphatic heterocycles. The normalized spacial score (nSPS) is 12.7. The topological polar surface area (TPSA) is 56.7 Å². The number of rotatable bonds is 2. The van der Waals surface area contributed by atoms with Gasteiger partial charge in [-0.2, -0.15) is 26.6 Å². The minimum Gasteiger partial charge on any atom is -0.399 e. The van der Waals surface area contributed by atoms with Crippen LogP contribution < -0.4 is 5.73 Å². The van der Waals surface area contributed by atoms with Crippen LogP contribution >= 0.6 is 0 Å². The molecule has 0 fully saturated rings. The van der Waals surface area contributed by atoms with E-state index in [1.54, 1.807) is 0 Å². The summed E-state index contributed by atoms with van der Waals surface area (Å²) >= 11 is 0. The number of anilines is 1. The van der Waals surface area contributed by atoms with E-state index in [4.69, 9.17) is 5.73 Å². The average Bonchev–Trinajstić information content (AvgIpc) is 2.78. The van der Waals surface area contributed by atoms with Crippen LogP contribution in [0.5, 0.6) is 0 Å². The number of hydrogen-bond acceptors (Lipinski definition) is 3. The van der Waals surface area contributed by atoms with Crippen LogP contribution in [-0.2, 0) is 6.05 Å². The molecule has 1 aromatic heterocycles. The Morgan fingerprint density at radius 1 is 1.00 bits per heavy atom. The van der Waals surface area contributed by atoms with Gasteiger partial charge in [-0.15, -0.1) is 5.10 Å². The highest BCUT2D eigenvalue weighted by Gasteiger charge is 2.60. The van der Waals surface area contributed by atoms with E-state index >= 15 is 0 Å². The van der Waals surface area contributed by atoms with Crippen molar-refractivity contribution in [3.05, 3.63) is 30.5 Å². The Kier molecular flexibility index (Phi) is 2.91. The molecule has 0 saturated carbocycles. The molecule has 0 bridgehead atoms. The van der Waals surface area contributed by atoms with Crippen molar-refractivity contribution in [1.29, 1.82) is 0 Å². The van der Waals surface area contributed by atoms with Crippen molar-refractivity contribution in [3.8, 4) is 11.3 Å². The van der Waals surface area contributed by atoms with E-state index in [0.717, 1.165) is 0 Å². The van der Waals surface area contributed by atoms with Crippen molar-refractivity contribution in [2.24, 2.45) is 0 Å². The third-order valence-corrected chi connectivity index (χ3v) is 2.33. The standard InChI is InChI=1S/C10H7F5N4/c11-9(12,13)10(14,15)19-5-8(17-18-19)6-1-3-7(16)4-2-6/h1-5H,16H2. The monoisotopic (exact) mass is 278 g/mol. The molecule has 0 atom stereocenters. The number of nitrogens with zero attached hydrogens (tertiary/aromatic N) is 3. The Hall–Kier alpha value is -2.19. The first kappa shape index (κ1) is 13.2. The van der Waals surface area contributed by atoms with Gasteiger partial charge in [0.2, 0.25) is 0 Å². The lowest BCUT2D eigenvalue weighted by molar-refractivity contribution is -0.328. The molecule has 2 rings (SSSR count). The first-order valence-corrected chi connectivity index (χ1v) is 4.95. The van der Waals surface area contributed by atoms with Crippen LogP contribution in [0.2, 0.25) is 0 Å². The predicted octanol–water partition coefficient (Wildman–Crippen LogP) is 2.64. The maximum atomic E-state index is 13.0. The lowest BCUT2D eigenvalue weighted by atomic mass is 10.1. The maximum absolute atomic E-state index is 13.0. The number of aromatic nitrogens is 3. The molecule has 9 heteroatoms. The molecule has 0 radical (unpaired) electrons. The van der Waals surface area contributed by atoms with Crippen LogP contribution in [0.4, 0.5) is 27.6 Å². The van der Waals surface area contributed by atoms with Crippen LogP contribution in [-0.4, -0.2) is 21.2 Å². The summed E-state index contributed by atoms with van der Waals surface area (Å²) < 4.78 is 61.8. The van der Waals surface area contributed by atoms with Crippen LogP contribution in [0, 0.1) is 0 Å². The Morgan fingerprint density at radius 2 is 1.58 bits per heavy atom. The van der Waals surface area contributed by atoms with Gasteiger partial charge in [0.05, 0.1) is 6.20 Å². The fourth-order valence-corrected chi connectivity index (χ4v) is 1.32. The SMILES string of the molecule is Nc1ccc(-c2cn(C(F)(F)C(F)(F)F)nn2)cc1. The van der Waals surface area contributed by atoms with E-state index in [1.807, 2.05) is 0 Å². The van der Waals surface area contributed by atoms with Gasteiger partial charge in [0.15, 0.2) is 0 Å². The summed E-state index contributed by atoms with van der Waals surface area (Å²) in [4.78, 5) is 0. The van der Waals surface area contributed by atoms with Gasteiger partial charge in [-0.1, -0.05) is 17.3 Å². The summed E-state index contributed by atoms with van der Waals surface area (Å²) in [6, 6.07) is 0.712. The van der Waals surface area contributed by atoms with Crippen molar-refractivity contribution in [2.45, 2.75) is 12.2 Å². The quantitative estimate of drug-likeness (QED) is 0.678. The van der Waals surface area contributed by atoms with E-state index in [2.05, 4.69) is 10.3 Å². The lowest BCUT2D eigenvalue weighted by Crippen LogP contribution is -2.40. The molecule has 102 valence electrons. The third-order valence-electron chi connectivity index (χ3n) is 2.33. The van der Waals surface area contributed by atoms with Crippen molar-refractivity contribution < 1.29 is 22.0 Å². The molecule has 0 amide bonds. The highest BCUT2D eigenvalue weighted by molar-refractivity contribution is 5.60. The minimum atomic E-state index is -5.74. The van der Waals surface area contributed by atoms with Crippen molar-refractivity contribution in [1.82, 2.24) is 15.0 Å². The number of nitrogens with two attached hydrogens (primary N) is 1. The summed E-state index contributed by atoms with van der Waals surface area (Å²) in [6.07, 6.45) is -5.21. The molecule has 1 heterocycles. The number of halogens is 5. The highest BCUT2D eigenvalue weighted by atomic mass is 19.4. The van der Waals surface area contributed by atoms with Crippen LogP contribution in [0.25, 0.3) is 11.3 Å². The molecule has 2 N–H and O–H groups in total. The first-order valence-electron chi connectivity index (χ1n) is 4.95. The van der Waals surface area contributed by atoms with E-state index < -0.39 is 16.9 Å². The molecule has 1 aromatic carbocycles. The molecule has 2 aromatic rings. The second kappa shape index (κ2) is 4.18. The molecule has 0 unspecified atom stereocenters. The van der Waals surface area contributed by atoms with Crippen LogP contribution in [0.1, 0.15) is 0 Å². The largest absolute Gasteiger partial charge is 0.477 e. The number of alkyl halides is 5. The van der Waals surface area contributed by atoms with E-state index in [9.17, 15) is 22.0 Å². The van der Waals surface area contributed by atoms with Crippen molar-refractivity contribution in [2.75, 3.05) is 5.73 Å². The average molecular weight is 278 g/mol. The fraction of sp³-hybridized carbons (Fsp3) is 0.200. The Labute approximate surface area is 103 Å². The van der Waals surface area contributed by atoms with Gasteiger partial charge in [0.25, 0.3) is 0 Å². The van der Waals surface area contributed by atoms with E-state index in [1.165, 1.54) is 24.3 Å². The van der Waals surface area contributed by atoms with Gasteiger partial charge >= 0.3 is 12.2 Å². The zero-order valence-corrected chi connectivity index (χ0v) is 9.20. The second-order valence-corrected chi connectivity index (χ2v) is 3.71. The minimum absolute atomic E-state index is 0.107. The zero-order valence-electron chi connectivity index (χ0n) is 9.20. The Morgan fingerprint density at radius 3 is 2.11 bits per heavy atom. The number of nitrogen functional groups attached to an aromatic ring is 1. The molecule has 19 heavy (non-hydrogen) atoms. The molecular weight excluding hydrogens is 271 g/mol. The molecule has 0 saturated heterocycles. The van der Waals surface area contributed by atoms with Gasteiger partial charge < -0.3 is 5.73 Å². The predicted molar refractivity (Wildman–Crippen MR) is 56.1 cm³/mol. The smallest absolute Gasteiger partial charge is 0.399 e. The summed E-state index contributed by atoms with van der Waals surface area (Å²) in [6.45, 7) is 0. The van der Waals surface area contributed by atoms with E-state index in [0.29, 0.717) is 17.4 Å². The molecule has 0 spiro atoms. The fourth-order valence-electron chi connectivity index (χ4n) is 1.32. The Bertz CT molecular complexity index is 572. The van der Waals surface area contributed by atoms with Crippen LogP contribution in [0.15, 0.2) is 30.5 Å². The maximum Gasteiger partial charge on any atom is 0.477 e. The van der Waals surface area contributed by atoms with E-state index in [-0.39, 0.29) is 5.69 Å². The van der Waals surface area contributed by atoms with Gasteiger partial charge in [-0.3, -0.25) is 0 Å². The molecular formula is C10H7F5N4. The third kappa shape index (κ3) is 2.35. The zero-order chi connectivity index (χ0) is 14.3. The summed E-state index contributed by atoms with van der Waals surface area (Å²) in [7, 11) is 0. The lowest BCUT2D eigenvalue weighted by Gasteiger charge is -2.18. The molecule has 4 nitrogen and oxygen atoms in total.